The molecule has 81 heavy (non-hydrogen) atoms. The van der Waals surface area contributed by atoms with Crippen LogP contribution in [0.3, 0.4) is 0 Å². The summed E-state index contributed by atoms with van der Waals surface area (Å²) in [5.74, 6) is -0.821. The van der Waals surface area contributed by atoms with E-state index in [1.807, 2.05) is 0 Å². The molecule has 0 aromatic carbocycles. The van der Waals surface area contributed by atoms with E-state index in [1.165, 1.54) is 193 Å². The number of unbranched alkanes of at least 4 members (excludes halogenated alkanes) is 34. The number of phosphoric ester groups is 1. The third kappa shape index (κ3) is 65.9. The van der Waals surface area contributed by atoms with Crippen LogP contribution in [0.4, 0.5) is 0 Å². The van der Waals surface area contributed by atoms with Crippen molar-refractivity contribution in [2.24, 2.45) is 5.73 Å². The lowest BCUT2D eigenvalue weighted by atomic mass is 10.0. The molecule has 0 spiro atoms. The lowest BCUT2D eigenvalue weighted by Gasteiger charge is -2.19. The fourth-order valence-electron chi connectivity index (χ4n) is 9.50. The predicted octanol–water partition coefficient (Wildman–Crippen LogP) is 22.0. The molecule has 0 heterocycles. The summed E-state index contributed by atoms with van der Waals surface area (Å²) in [6.07, 6.45) is 89.1. The molecule has 0 saturated carbocycles. The number of allylic oxidation sites excluding steroid dienone is 16. The van der Waals surface area contributed by atoms with Gasteiger partial charge in [0.15, 0.2) is 6.10 Å². The monoisotopic (exact) mass is 1150 g/mol. The van der Waals surface area contributed by atoms with Crippen molar-refractivity contribution >= 4 is 19.8 Å². The van der Waals surface area contributed by atoms with Gasteiger partial charge in [0.05, 0.1) is 13.2 Å². The van der Waals surface area contributed by atoms with Crippen LogP contribution in [0.25, 0.3) is 0 Å². The lowest BCUT2D eigenvalue weighted by Crippen LogP contribution is -2.29. The van der Waals surface area contributed by atoms with Gasteiger partial charge in [0.25, 0.3) is 0 Å². The molecule has 2 atom stereocenters. The van der Waals surface area contributed by atoms with Crippen LogP contribution in [0.1, 0.15) is 309 Å². The van der Waals surface area contributed by atoms with Crippen LogP contribution in [0.15, 0.2) is 97.2 Å². The van der Waals surface area contributed by atoms with E-state index < -0.39 is 26.5 Å². The Balaban J connectivity index is 3.90. The fraction of sp³-hybridized carbons (Fsp3) is 0.746. The average molecular weight is 1150 g/mol. The number of hydrogen-bond donors (Lipinski definition) is 2. The van der Waals surface area contributed by atoms with Crippen molar-refractivity contribution in [1.29, 1.82) is 0 Å². The molecule has 2 unspecified atom stereocenters. The summed E-state index contributed by atoms with van der Waals surface area (Å²) in [6, 6.07) is 0. The summed E-state index contributed by atoms with van der Waals surface area (Å²) >= 11 is 0. The highest BCUT2D eigenvalue weighted by Crippen LogP contribution is 2.43. The van der Waals surface area contributed by atoms with Gasteiger partial charge in [-0.2, -0.15) is 0 Å². The van der Waals surface area contributed by atoms with E-state index in [4.69, 9.17) is 24.3 Å². The first-order chi connectivity index (χ1) is 39.8. The standard InChI is InChI=1S/C71H126NO8P/c1-3-5-7-9-11-13-15-17-19-21-23-25-27-29-31-32-33-34-35-36-38-40-42-44-46-48-50-52-54-56-58-60-62-64-71(74)80-69(68-79-81(75,76)78-66-65-72)67-77-70(73)63-61-59-57-55-53-51-49-47-45-43-41-39-37-30-28-26-24-22-20-18-16-14-12-10-8-6-4-2/h5,7,11,13,16-19,22-25,29,31,33-34,69H,3-4,6,8-10,12,14-15,20-21,26-28,30,32,35-68,72H2,1-2H3,(H,75,76)/b7-5-,13-11-,18-16-,19-17-,24-22-,25-23-,31-29-,34-33-. The Bertz CT molecular complexity index is 1650. The van der Waals surface area contributed by atoms with Gasteiger partial charge in [-0.15, -0.1) is 0 Å². The molecule has 10 heteroatoms. The van der Waals surface area contributed by atoms with Gasteiger partial charge in [-0.25, -0.2) is 4.57 Å². The quantitative estimate of drug-likeness (QED) is 0.0264. The molecular formula is C71H126NO8P. The predicted molar refractivity (Wildman–Crippen MR) is 348 cm³/mol. The zero-order valence-corrected chi connectivity index (χ0v) is 53.4. The Morgan fingerprint density at radius 3 is 1.01 bits per heavy atom. The Kier molecular flexibility index (Phi) is 63.6. The highest BCUT2D eigenvalue weighted by Gasteiger charge is 2.26. The van der Waals surface area contributed by atoms with Crippen molar-refractivity contribution in [3.63, 3.8) is 0 Å². The summed E-state index contributed by atoms with van der Waals surface area (Å²) in [4.78, 5) is 35.3. The SMILES string of the molecule is CC/C=C\C/C=C\C/C=C\C/C=C\C/C=C\C/C=C\CCCCCCCCCCCCCCCCC(=O)OC(COC(=O)CCCCCCCCCCCCCCCCC/C=C\C/C=C\CCCCCCC)COP(=O)(O)OCCN. The summed E-state index contributed by atoms with van der Waals surface area (Å²) < 4.78 is 33.2. The van der Waals surface area contributed by atoms with Crippen LogP contribution in [0.5, 0.6) is 0 Å². The average Bonchev–Trinajstić information content (AvgIpc) is 3.46. The van der Waals surface area contributed by atoms with Gasteiger partial charge in [0, 0.05) is 19.4 Å². The molecule has 9 nitrogen and oxygen atoms in total. The summed E-state index contributed by atoms with van der Waals surface area (Å²) in [7, 11) is -4.40. The summed E-state index contributed by atoms with van der Waals surface area (Å²) in [5.41, 5.74) is 5.40. The van der Waals surface area contributed by atoms with Gasteiger partial charge in [-0.1, -0.05) is 297 Å². The van der Waals surface area contributed by atoms with E-state index in [0.717, 1.165) is 83.5 Å². The highest BCUT2D eigenvalue weighted by atomic mass is 31.2. The number of rotatable bonds is 63. The van der Waals surface area contributed by atoms with Gasteiger partial charge in [0.1, 0.15) is 6.61 Å². The van der Waals surface area contributed by atoms with Crippen molar-refractivity contribution in [3.05, 3.63) is 97.2 Å². The lowest BCUT2D eigenvalue weighted by molar-refractivity contribution is -0.161. The van der Waals surface area contributed by atoms with E-state index in [2.05, 4.69) is 111 Å². The van der Waals surface area contributed by atoms with E-state index in [9.17, 15) is 19.0 Å². The van der Waals surface area contributed by atoms with E-state index in [1.54, 1.807) is 0 Å². The number of esters is 2. The van der Waals surface area contributed by atoms with Gasteiger partial charge in [-0.3, -0.25) is 18.6 Å². The molecule has 468 valence electrons. The zero-order valence-electron chi connectivity index (χ0n) is 52.5. The maximum Gasteiger partial charge on any atom is 0.472 e. The first-order valence-electron chi connectivity index (χ1n) is 33.7. The van der Waals surface area contributed by atoms with Crippen LogP contribution in [-0.4, -0.2) is 49.3 Å². The van der Waals surface area contributed by atoms with Gasteiger partial charge >= 0.3 is 19.8 Å². The maximum atomic E-state index is 12.8. The molecule has 0 fully saturated rings. The molecule has 0 aromatic rings. The van der Waals surface area contributed by atoms with E-state index >= 15 is 0 Å². The molecule has 0 bridgehead atoms. The minimum atomic E-state index is -4.40. The van der Waals surface area contributed by atoms with Crippen LogP contribution >= 0.6 is 7.82 Å². The summed E-state index contributed by atoms with van der Waals surface area (Å²) in [5, 5.41) is 0. The first-order valence-corrected chi connectivity index (χ1v) is 35.2. The molecule has 0 amide bonds. The Morgan fingerprint density at radius 1 is 0.383 bits per heavy atom. The molecule has 0 rings (SSSR count). The van der Waals surface area contributed by atoms with Crippen molar-refractivity contribution in [2.45, 2.75) is 315 Å². The first kappa shape index (κ1) is 77.9. The minimum absolute atomic E-state index is 0.0511. The number of carbonyl (C=O) groups is 2. The molecule has 0 aliphatic carbocycles. The van der Waals surface area contributed by atoms with Crippen molar-refractivity contribution < 1.29 is 37.6 Å². The topological polar surface area (TPSA) is 134 Å². The van der Waals surface area contributed by atoms with E-state index in [0.29, 0.717) is 6.42 Å². The Hall–Kier alpha value is -3.07. The highest BCUT2D eigenvalue weighted by molar-refractivity contribution is 7.47. The number of nitrogens with two attached hydrogens (primary N) is 1. The number of ether oxygens (including phenoxy) is 2. The number of hydrogen-bond acceptors (Lipinski definition) is 8. The second-order valence-electron chi connectivity index (χ2n) is 22.3. The number of carbonyl (C=O) groups excluding carboxylic acids is 2. The molecule has 0 radical (unpaired) electrons. The minimum Gasteiger partial charge on any atom is -0.462 e. The molecule has 0 saturated heterocycles. The smallest absolute Gasteiger partial charge is 0.462 e. The summed E-state index contributed by atoms with van der Waals surface area (Å²) in [6.45, 7) is 3.65. The van der Waals surface area contributed by atoms with Crippen LogP contribution < -0.4 is 5.73 Å². The normalized spacial score (nSPS) is 13.6. The van der Waals surface area contributed by atoms with Crippen molar-refractivity contribution in [2.75, 3.05) is 26.4 Å². The van der Waals surface area contributed by atoms with Crippen LogP contribution in [0, 0.1) is 0 Å². The molecule has 0 aromatic heterocycles. The molecule has 0 aliphatic heterocycles. The Morgan fingerprint density at radius 2 is 0.679 bits per heavy atom. The maximum absolute atomic E-state index is 12.8. The second kappa shape index (κ2) is 66.1. The van der Waals surface area contributed by atoms with Gasteiger partial charge in [0.2, 0.25) is 0 Å². The van der Waals surface area contributed by atoms with Crippen LogP contribution in [-0.2, 0) is 32.7 Å². The fourth-order valence-corrected chi connectivity index (χ4v) is 10.3. The largest absolute Gasteiger partial charge is 0.472 e. The molecular weight excluding hydrogens is 1030 g/mol. The van der Waals surface area contributed by atoms with E-state index in [-0.39, 0.29) is 38.6 Å². The number of phosphoric acid groups is 1. The molecule has 0 aliphatic rings. The third-order valence-corrected chi connectivity index (χ3v) is 15.4. The van der Waals surface area contributed by atoms with Crippen LogP contribution in [0.2, 0.25) is 0 Å². The molecule has 3 N–H and O–H groups in total. The van der Waals surface area contributed by atoms with Gasteiger partial charge in [-0.05, 0) is 96.3 Å². The van der Waals surface area contributed by atoms with Crippen molar-refractivity contribution in [1.82, 2.24) is 0 Å². The van der Waals surface area contributed by atoms with Gasteiger partial charge < -0.3 is 20.1 Å². The Labute approximate surface area is 499 Å². The van der Waals surface area contributed by atoms with Crippen molar-refractivity contribution in [3.8, 4) is 0 Å². The second-order valence-corrected chi connectivity index (χ2v) is 23.8. The third-order valence-electron chi connectivity index (χ3n) is 14.5. The zero-order chi connectivity index (χ0) is 58.7.